The Bertz CT molecular complexity index is 554. The van der Waals surface area contributed by atoms with E-state index in [1.807, 2.05) is 24.3 Å². The van der Waals surface area contributed by atoms with Crippen molar-refractivity contribution in [3.63, 3.8) is 0 Å². The van der Waals surface area contributed by atoms with E-state index in [4.69, 9.17) is 10.8 Å². The molecular weight excluding hydrogens is 238 g/mol. The highest BCUT2D eigenvalue weighted by molar-refractivity contribution is 5.97. The van der Waals surface area contributed by atoms with Gasteiger partial charge in [-0.25, -0.2) is 0 Å². The lowest BCUT2D eigenvalue weighted by atomic mass is 10.0. The van der Waals surface area contributed by atoms with Gasteiger partial charge in [-0.2, -0.15) is 0 Å². The lowest BCUT2D eigenvalue weighted by molar-refractivity contribution is 0.267. The molecule has 0 aliphatic rings. The van der Waals surface area contributed by atoms with Crippen LogP contribution in [0.15, 0.2) is 30.5 Å². The highest BCUT2D eigenvalue weighted by Gasteiger charge is 2.14. The van der Waals surface area contributed by atoms with Crippen molar-refractivity contribution in [1.29, 1.82) is 0 Å². The van der Waals surface area contributed by atoms with Gasteiger partial charge in [0.1, 0.15) is 0 Å². The molecule has 0 aliphatic heterocycles. The van der Waals surface area contributed by atoms with Crippen LogP contribution in [0.2, 0.25) is 0 Å². The Labute approximate surface area is 113 Å². The van der Waals surface area contributed by atoms with E-state index in [-0.39, 0.29) is 12.6 Å². The second kappa shape index (κ2) is 5.89. The summed E-state index contributed by atoms with van der Waals surface area (Å²) >= 11 is 0. The summed E-state index contributed by atoms with van der Waals surface area (Å²) in [6.07, 6.45) is 2.49. The molecule has 0 fully saturated rings. The average molecular weight is 259 g/mol. The van der Waals surface area contributed by atoms with Crippen molar-refractivity contribution in [1.82, 2.24) is 4.98 Å². The van der Waals surface area contributed by atoms with Crippen LogP contribution in [-0.2, 0) is 0 Å². The van der Waals surface area contributed by atoms with Crippen LogP contribution in [0.3, 0.4) is 0 Å². The maximum absolute atomic E-state index is 9.15. The minimum absolute atomic E-state index is 0.182. The van der Waals surface area contributed by atoms with Gasteiger partial charge in [0.05, 0.1) is 11.2 Å². The first-order chi connectivity index (χ1) is 9.13. The highest BCUT2D eigenvalue weighted by atomic mass is 16.3. The monoisotopic (exact) mass is 259 g/mol. The first-order valence-electron chi connectivity index (χ1n) is 6.64. The van der Waals surface area contributed by atoms with Crippen LogP contribution in [0.4, 0.5) is 11.4 Å². The van der Waals surface area contributed by atoms with Crippen LogP contribution in [-0.4, -0.2) is 22.7 Å². The molecule has 4 N–H and O–H groups in total. The SMILES string of the molecule is CC(C)C(CCO)Nc1ccnc2c(N)cccc12. The van der Waals surface area contributed by atoms with Crippen LogP contribution < -0.4 is 11.1 Å². The summed E-state index contributed by atoms with van der Waals surface area (Å²) in [5.74, 6) is 0.441. The van der Waals surface area contributed by atoms with Crippen LogP contribution >= 0.6 is 0 Å². The molecule has 2 rings (SSSR count). The zero-order chi connectivity index (χ0) is 13.8. The van der Waals surface area contributed by atoms with Gasteiger partial charge in [-0.1, -0.05) is 26.0 Å². The zero-order valence-electron chi connectivity index (χ0n) is 11.4. The largest absolute Gasteiger partial charge is 0.397 e. The van der Waals surface area contributed by atoms with Gasteiger partial charge in [-0.3, -0.25) is 4.98 Å². The van der Waals surface area contributed by atoms with Crippen LogP contribution in [0, 0.1) is 5.92 Å². The zero-order valence-corrected chi connectivity index (χ0v) is 11.4. The fraction of sp³-hybridized carbons (Fsp3) is 0.400. The molecular formula is C15H21N3O. The van der Waals surface area contributed by atoms with Gasteiger partial charge >= 0.3 is 0 Å². The molecule has 4 heteroatoms. The molecule has 4 nitrogen and oxygen atoms in total. The van der Waals surface area contributed by atoms with Gasteiger partial charge in [0.2, 0.25) is 0 Å². The first kappa shape index (κ1) is 13.6. The molecule has 1 heterocycles. The second-order valence-electron chi connectivity index (χ2n) is 5.11. The van der Waals surface area contributed by atoms with E-state index in [9.17, 15) is 0 Å². The third kappa shape index (κ3) is 2.96. The van der Waals surface area contributed by atoms with Crippen molar-refractivity contribution in [2.45, 2.75) is 26.3 Å². The van der Waals surface area contributed by atoms with Crippen molar-refractivity contribution < 1.29 is 5.11 Å². The number of hydrogen-bond donors (Lipinski definition) is 3. The van der Waals surface area contributed by atoms with Gasteiger partial charge in [0.25, 0.3) is 0 Å². The number of nitrogens with two attached hydrogens (primary N) is 1. The lowest BCUT2D eigenvalue weighted by Gasteiger charge is -2.23. The van der Waals surface area contributed by atoms with Gasteiger partial charge in [0, 0.05) is 29.9 Å². The lowest BCUT2D eigenvalue weighted by Crippen LogP contribution is -2.26. The maximum atomic E-state index is 9.15. The fourth-order valence-corrected chi connectivity index (χ4v) is 2.24. The van der Waals surface area contributed by atoms with E-state index in [1.165, 1.54) is 0 Å². The number of aliphatic hydroxyl groups excluding tert-OH is 1. The van der Waals surface area contributed by atoms with Gasteiger partial charge < -0.3 is 16.2 Å². The summed E-state index contributed by atoms with van der Waals surface area (Å²) in [7, 11) is 0. The van der Waals surface area contributed by atoms with E-state index in [1.54, 1.807) is 6.20 Å². The van der Waals surface area contributed by atoms with Crippen molar-refractivity contribution in [2.75, 3.05) is 17.7 Å². The number of nitrogen functional groups attached to an aromatic ring is 1. The molecule has 1 atom stereocenters. The molecule has 0 aliphatic carbocycles. The van der Waals surface area contributed by atoms with Crippen molar-refractivity contribution in [3.8, 4) is 0 Å². The van der Waals surface area contributed by atoms with Gasteiger partial charge in [-0.15, -0.1) is 0 Å². The Kier molecular flexibility index (Phi) is 4.22. The summed E-state index contributed by atoms with van der Waals surface area (Å²) in [4.78, 5) is 4.33. The average Bonchev–Trinajstić information content (AvgIpc) is 2.39. The minimum atomic E-state index is 0.182. The van der Waals surface area contributed by atoms with Gasteiger partial charge in [0.15, 0.2) is 0 Å². The molecule has 102 valence electrons. The predicted molar refractivity (Wildman–Crippen MR) is 80.1 cm³/mol. The molecule has 0 bridgehead atoms. The molecule has 0 amide bonds. The number of anilines is 2. The van der Waals surface area contributed by atoms with Crippen LogP contribution in [0.5, 0.6) is 0 Å². The van der Waals surface area contributed by atoms with E-state index < -0.39 is 0 Å². The quantitative estimate of drug-likeness (QED) is 0.722. The molecule has 19 heavy (non-hydrogen) atoms. The Balaban J connectivity index is 2.37. The topological polar surface area (TPSA) is 71.2 Å². The number of hydrogen-bond acceptors (Lipinski definition) is 4. The Morgan fingerprint density at radius 3 is 2.79 bits per heavy atom. The van der Waals surface area contributed by atoms with Crippen molar-refractivity contribution in [3.05, 3.63) is 30.5 Å². The Morgan fingerprint density at radius 2 is 2.11 bits per heavy atom. The molecule has 0 saturated carbocycles. The maximum Gasteiger partial charge on any atom is 0.0951 e. The summed E-state index contributed by atoms with van der Waals surface area (Å²) in [6.45, 7) is 4.47. The molecule has 1 unspecified atom stereocenters. The third-order valence-electron chi connectivity index (χ3n) is 3.39. The molecule has 2 aromatic rings. The summed E-state index contributed by atoms with van der Waals surface area (Å²) < 4.78 is 0. The number of pyridine rings is 1. The number of para-hydroxylation sites is 1. The highest BCUT2D eigenvalue weighted by Crippen LogP contribution is 2.27. The van der Waals surface area contributed by atoms with Crippen molar-refractivity contribution >= 4 is 22.3 Å². The summed E-state index contributed by atoms with van der Waals surface area (Å²) in [5.41, 5.74) is 8.47. The van der Waals surface area contributed by atoms with Crippen molar-refractivity contribution in [2.24, 2.45) is 5.92 Å². The number of nitrogens with one attached hydrogen (secondary N) is 1. The predicted octanol–water partition coefficient (Wildman–Crippen LogP) is 2.64. The Hall–Kier alpha value is -1.81. The van der Waals surface area contributed by atoms with Crippen LogP contribution in [0.1, 0.15) is 20.3 Å². The normalized spacial score (nSPS) is 12.8. The van der Waals surface area contributed by atoms with E-state index in [0.29, 0.717) is 11.6 Å². The van der Waals surface area contributed by atoms with E-state index in [0.717, 1.165) is 23.0 Å². The fourth-order valence-electron chi connectivity index (χ4n) is 2.24. The molecule has 0 radical (unpaired) electrons. The number of aromatic nitrogens is 1. The van der Waals surface area contributed by atoms with Gasteiger partial charge in [-0.05, 0) is 24.5 Å². The third-order valence-corrected chi connectivity index (χ3v) is 3.39. The summed E-state index contributed by atoms with van der Waals surface area (Å²) in [5, 5.41) is 13.7. The minimum Gasteiger partial charge on any atom is -0.397 e. The number of nitrogens with zero attached hydrogens (tertiary/aromatic N) is 1. The summed E-state index contributed by atoms with van der Waals surface area (Å²) in [6, 6.07) is 7.98. The second-order valence-corrected chi connectivity index (χ2v) is 5.11. The van der Waals surface area contributed by atoms with E-state index >= 15 is 0 Å². The molecule has 0 spiro atoms. The Morgan fingerprint density at radius 1 is 1.32 bits per heavy atom. The number of rotatable bonds is 5. The molecule has 0 saturated heterocycles. The number of aliphatic hydroxyl groups is 1. The molecule has 1 aromatic carbocycles. The number of benzene rings is 1. The van der Waals surface area contributed by atoms with E-state index in [2.05, 4.69) is 24.1 Å². The first-order valence-corrected chi connectivity index (χ1v) is 6.64. The smallest absolute Gasteiger partial charge is 0.0951 e. The van der Waals surface area contributed by atoms with Crippen LogP contribution in [0.25, 0.3) is 10.9 Å². The standard InChI is InChI=1S/C15H21N3O/c1-10(2)13(7-9-19)18-14-6-8-17-15-11(14)4-3-5-12(15)16/h3-6,8,10,13,19H,7,9,16H2,1-2H3,(H,17,18). The molecule has 1 aromatic heterocycles. The number of fused-ring (bicyclic) bond motifs is 1.